The van der Waals surface area contributed by atoms with Crippen molar-refractivity contribution in [3.8, 4) is 11.5 Å². The number of carbonyl (C=O) groups is 1. The van der Waals surface area contributed by atoms with Gasteiger partial charge in [-0.3, -0.25) is 0 Å². The van der Waals surface area contributed by atoms with Crippen molar-refractivity contribution >= 4 is 25.3 Å². The van der Waals surface area contributed by atoms with E-state index in [0.29, 0.717) is 28.4 Å². The minimum Gasteiger partial charge on any atom is -0.456 e. The molecule has 2 aliphatic rings. The number of nitrogens with one attached hydrogen (secondary N) is 1. The first-order valence-electron chi connectivity index (χ1n) is 8.15. The van der Waals surface area contributed by atoms with E-state index in [2.05, 4.69) is 5.23 Å². The van der Waals surface area contributed by atoms with E-state index < -0.39 is 5.60 Å². The number of benzene rings is 3. The third kappa shape index (κ3) is 1.78. The normalized spacial score (nSPS) is 19.2. The van der Waals surface area contributed by atoms with Crippen LogP contribution < -0.4 is 15.7 Å². The first kappa shape index (κ1) is 14.9. The quantitative estimate of drug-likeness (QED) is 0.404. The summed E-state index contributed by atoms with van der Waals surface area (Å²) in [4.78, 5) is 12.6. The van der Waals surface area contributed by atoms with Crippen LogP contribution in [-0.4, -0.2) is 14.0 Å². The molecule has 0 saturated carbocycles. The highest BCUT2D eigenvalue weighted by Crippen LogP contribution is 2.56. The Kier molecular flexibility index (Phi) is 2.89. The maximum atomic E-state index is 12.6. The fourth-order valence-electron chi connectivity index (χ4n) is 3.78. The summed E-state index contributed by atoms with van der Waals surface area (Å²) in [5.41, 5.74) is 8.94. The van der Waals surface area contributed by atoms with Gasteiger partial charge >= 0.3 is 5.97 Å². The zero-order valence-corrected chi connectivity index (χ0v) is 13.7. The second-order valence-corrected chi connectivity index (χ2v) is 6.33. The van der Waals surface area contributed by atoms with Crippen LogP contribution in [0.4, 0.5) is 11.4 Å². The Bertz CT molecular complexity index is 1080. The minimum absolute atomic E-state index is 0.364. The molecule has 0 bridgehead atoms. The van der Waals surface area contributed by atoms with Crippen molar-refractivity contribution in [3.63, 3.8) is 0 Å². The molecule has 3 aromatic carbocycles. The van der Waals surface area contributed by atoms with Crippen LogP contribution >= 0.6 is 0 Å². The third-order valence-electron chi connectivity index (χ3n) is 4.90. The summed E-state index contributed by atoms with van der Waals surface area (Å²) in [6.07, 6.45) is 0. The van der Waals surface area contributed by atoms with Crippen molar-refractivity contribution in [2.24, 2.45) is 0 Å². The Hall–Kier alpha value is -3.41. The van der Waals surface area contributed by atoms with Gasteiger partial charge in [0.15, 0.2) is 5.60 Å². The van der Waals surface area contributed by atoms with Crippen molar-refractivity contribution < 1.29 is 14.3 Å². The minimum atomic E-state index is -1.07. The van der Waals surface area contributed by atoms with Gasteiger partial charge in [0, 0.05) is 40.2 Å². The van der Waals surface area contributed by atoms with E-state index >= 15 is 0 Å². The highest BCUT2D eigenvalue weighted by atomic mass is 16.6. The molecule has 2 radical (unpaired) electrons. The molecule has 0 aliphatic carbocycles. The van der Waals surface area contributed by atoms with Gasteiger partial charge in [0.25, 0.3) is 0 Å². The summed E-state index contributed by atoms with van der Waals surface area (Å²) in [6.45, 7) is 0. The molecule has 1 atom stereocenters. The van der Waals surface area contributed by atoms with Crippen LogP contribution in [-0.2, 0) is 10.3 Å². The molecule has 6 heteroatoms. The molecule has 26 heavy (non-hydrogen) atoms. The summed E-state index contributed by atoms with van der Waals surface area (Å²) >= 11 is 0. The molecule has 3 aromatic rings. The lowest BCUT2D eigenvalue weighted by atomic mass is 9.77. The molecule has 0 aromatic heterocycles. The molecule has 1 unspecified atom stereocenters. The number of ether oxygens (including phenoxy) is 2. The monoisotopic (exact) mass is 340 g/mol. The molecule has 0 saturated heterocycles. The van der Waals surface area contributed by atoms with Crippen LogP contribution in [0.25, 0.3) is 0 Å². The SMILES string of the molecule is [B]Nc1ccc2c(c1)Oc1cc(N)ccc1C21OC(=O)c2ccccc21. The highest BCUT2D eigenvalue weighted by molar-refractivity contribution is 6.16. The van der Waals surface area contributed by atoms with Gasteiger partial charge < -0.3 is 20.4 Å². The van der Waals surface area contributed by atoms with E-state index in [4.69, 9.17) is 23.2 Å². The summed E-state index contributed by atoms with van der Waals surface area (Å²) in [5.74, 6) is 0.747. The fourth-order valence-corrected chi connectivity index (χ4v) is 3.78. The largest absolute Gasteiger partial charge is 0.456 e. The Morgan fingerprint density at radius 1 is 0.923 bits per heavy atom. The van der Waals surface area contributed by atoms with E-state index in [-0.39, 0.29) is 5.97 Å². The van der Waals surface area contributed by atoms with Gasteiger partial charge in [-0.2, -0.15) is 0 Å². The molecule has 0 fully saturated rings. The molecule has 5 nitrogen and oxygen atoms in total. The van der Waals surface area contributed by atoms with Crippen molar-refractivity contribution in [3.05, 3.63) is 82.9 Å². The number of carbonyl (C=O) groups excluding carboxylic acids is 1. The van der Waals surface area contributed by atoms with Crippen molar-refractivity contribution in [2.45, 2.75) is 5.60 Å². The molecule has 0 amide bonds. The van der Waals surface area contributed by atoms with Gasteiger partial charge in [-0.1, -0.05) is 18.2 Å². The second-order valence-electron chi connectivity index (χ2n) is 6.33. The van der Waals surface area contributed by atoms with Gasteiger partial charge in [0.1, 0.15) is 11.5 Å². The molecule has 5 rings (SSSR count). The van der Waals surface area contributed by atoms with E-state index in [0.717, 1.165) is 16.7 Å². The van der Waals surface area contributed by atoms with Crippen LogP contribution in [0.15, 0.2) is 60.7 Å². The molecule has 124 valence electrons. The van der Waals surface area contributed by atoms with E-state index in [1.807, 2.05) is 36.4 Å². The van der Waals surface area contributed by atoms with Crippen LogP contribution in [0.5, 0.6) is 11.5 Å². The lowest BCUT2D eigenvalue weighted by molar-refractivity contribution is 0.0224. The Balaban J connectivity index is 1.88. The number of nitrogen functional groups attached to an aromatic ring is 1. The van der Waals surface area contributed by atoms with Gasteiger partial charge in [0.2, 0.25) is 7.98 Å². The first-order chi connectivity index (χ1) is 12.6. The predicted molar refractivity (Wildman–Crippen MR) is 98.5 cm³/mol. The summed E-state index contributed by atoms with van der Waals surface area (Å²) in [5, 5.41) is 2.61. The smallest absolute Gasteiger partial charge is 0.340 e. The zero-order chi connectivity index (χ0) is 17.9. The lowest BCUT2D eigenvalue weighted by Crippen LogP contribution is -2.33. The lowest BCUT2D eigenvalue weighted by Gasteiger charge is -2.36. The number of anilines is 2. The standard InChI is InChI=1S/C20H13BN2O3/c21-23-12-6-8-16-18(10-12)25-17-9-11(22)5-7-15(17)20(16)14-4-2-1-3-13(14)19(24)26-20/h1-10,23H,22H2. The topological polar surface area (TPSA) is 73.6 Å². The molecular formula is C20H13BN2O3. The number of esters is 1. The Labute approximate surface area is 151 Å². The molecule has 1 spiro atoms. The molecular weight excluding hydrogens is 327 g/mol. The fraction of sp³-hybridized carbons (Fsp3) is 0.0500. The zero-order valence-electron chi connectivity index (χ0n) is 13.7. The average Bonchev–Trinajstić information content (AvgIpc) is 2.95. The maximum absolute atomic E-state index is 12.6. The van der Waals surface area contributed by atoms with Crippen LogP contribution in [0, 0.1) is 0 Å². The number of hydrogen-bond donors (Lipinski definition) is 2. The third-order valence-corrected chi connectivity index (χ3v) is 4.90. The summed E-state index contributed by atoms with van der Waals surface area (Å²) < 4.78 is 12.1. The average molecular weight is 340 g/mol. The highest BCUT2D eigenvalue weighted by Gasteiger charge is 2.53. The second kappa shape index (κ2) is 5.05. The number of rotatable bonds is 1. The summed E-state index contributed by atoms with van der Waals surface area (Å²) in [6, 6.07) is 18.2. The van der Waals surface area contributed by atoms with Gasteiger partial charge in [-0.15, -0.1) is 0 Å². The number of nitrogens with two attached hydrogens (primary N) is 1. The maximum Gasteiger partial charge on any atom is 0.340 e. The van der Waals surface area contributed by atoms with Crippen molar-refractivity contribution in [2.75, 3.05) is 11.0 Å². The Morgan fingerprint density at radius 3 is 2.46 bits per heavy atom. The van der Waals surface area contributed by atoms with Crippen LogP contribution in [0.2, 0.25) is 0 Å². The van der Waals surface area contributed by atoms with Crippen molar-refractivity contribution in [1.82, 2.24) is 0 Å². The van der Waals surface area contributed by atoms with Gasteiger partial charge in [0.05, 0.1) is 5.56 Å². The molecule has 3 N–H and O–H groups in total. The molecule has 2 heterocycles. The van der Waals surface area contributed by atoms with Crippen molar-refractivity contribution in [1.29, 1.82) is 0 Å². The predicted octanol–water partition coefficient (Wildman–Crippen LogP) is 3.33. The Morgan fingerprint density at radius 2 is 1.65 bits per heavy atom. The summed E-state index contributed by atoms with van der Waals surface area (Å²) in [7, 11) is 5.53. The van der Waals surface area contributed by atoms with Crippen LogP contribution in [0.3, 0.4) is 0 Å². The van der Waals surface area contributed by atoms with Gasteiger partial charge in [-0.05, 0) is 30.3 Å². The van der Waals surface area contributed by atoms with E-state index in [1.54, 1.807) is 24.3 Å². The molecule has 2 aliphatic heterocycles. The van der Waals surface area contributed by atoms with E-state index in [9.17, 15) is 4.79 Å². The number of fused-ring (bicyclic) bond motifs is 6. The van der Waals surface area contributed by atoms with E-state index in [1.165, 1.54) is 0 Å². The number of hydrogen-bond acceptors (Lipinski definition) is 5. The first-order valence-corrected chi connectivity index (χ1v) is 8.15. The van der Waals surface area contributed by atoms with Gasteiger partial charge in [-0.25, -0.2) is 4.79 Å². The van der Waals surface area contributed by atoms with Crippen LogP contribution in [0.1, 0.15) is 27.0 Å².